The summed E-state index contributed by atoms with van der Waals surface area (Å²) in [4.78, 5) is 4.48. The summed E-state index contributed by atoms with van der Waals surface area (Å²) >= 11 is 0. The third kappa shape index (κ3) is 3.50. The minimum Gasteiger partial charge on any atom is -0.494 e. The van der Waals surface area contributed by atoms with Crippen molar-refractivity contribution in [1.29, 1.82) is 0 Å². The SMILES string of the molecule is CCOc1ccc(C(C)Nc2ccc(C)nc2C)cc1. The molecule has 0 fully saturated rings. The molecule has 0 aliphatic rings. The molecule has 2 aromatic rings. The molecule has 1 N–H and O–H groups in total. The van der Waals surface area contributed by atoms with E-state index in [0.29, 0.717) is 6.61 Å². The predicted molar refractivity (Wildman–Crippen MR) is 83.4 cm³/mol. The highest BCUT2D eigenvalue weighted by molar-refractivity contribution is 5.49. The van der Waals surface area contributed by atoms with Crippen molar-refractivity contribution in [3.8, 4) is 5.75 Å². The molecule has 106 valence electrons. The molecule has 20 heavy (non-hydrogen) atoms. The van der Waals surface area contributed by atoms with Gasteiger partial charge in [0.2, 0.25) is 0 Å². The molecule has 0 bridgehead atoms. The maximum Gasteiger partial charge on any atom is 0.119 e. The highest BCUT2D eigenvalue weighted by Crippen LogP contribution is 2.23. The summed E-state index contributed by atoms with van der Waals surface area (Å²) in [6, 6.07) is 12.6. The number of anilines is 1. The molecular weight excluding hydrogens is 248 g/mol. The van der Waals surface area contributed by atoms with Gasteiger partial charge in [-0.1, -0.05) is 12.1 Å². The van der Waals surface area contributed by atoms with Gasteiger partial charge in [0.15, 0.2) is 0 Å². The van der Waals surface area contributed by atoms with Crippen LogP contribution in [0, 0.1) is 13.8 Å². The largest absolute Gasteiger partial charge is 0.494 e. The minimum absolute atomic E-state index is 0.230. The third-order valence-corrected chi connectivity index (χ3v) is 3.29. The van der Waals surface area contributed by atoms with Crippen molar-refractivity contribution in [2.24, 2.45) is 0 Å². The first-order chi connectivity index (χ1) is 9.60. The first-order valence-corrected chi connectivity index (χ1v) is 7.03. The van der Waals surface area contributed by atoms with Gasteiger partial charge in [0.1, 0.15) is 5.75 Å². The van der Waals surface area contributed by atoms with Crippen molar-refractivity contribution in [3.05, 3.63) is 53.3 Å². The first-order valence-electron chi connectivity index (χ1n) is 7.03. The van der Waals surface area contributed by atoms with E-state index in [4.69, 9.17) is 4.74 Å². The molecule has 0 saturated heterocycles. The van der Waals surface area contributed by atoms with Crippen LogP contribution >= 0.6 is 0 Å². The number of nitrogens with zero attached hydrogens (tertiary/aromatic N) is 1. The normalized spacial score (nSPS) is 12.0. The van der Waals surface area contributed by atoms with E-state index in [1.165, 1.54) is 5.56 Å². The van der Waals surface area contributed by atoms with Crippen LogP contribution in [0.15, 0.2) is 36.4 Å². The number of nitrogens with one attached hydrogen (secondary N) is 1. The predicted octanol–water partition coefficient (Wildman–Crippen LogP) is 4.27. The van der Waals surface area contributed by atoms with Crippen molar-refractivity contribution in [2.45, 2.75) is 33.7 Å². The van der Waals surface area contributed by atoms with Crippen LogP contribution in [0.4, 0.5) is 5.69 Å². The number of hydrogen-bond acceptors (Lipinski definition) is 3. The lowest BCUT2D eigenvalue weighted by molar-refractivity contribution is 0.340. The zero-order valence-electron chi connectivity index (χ0n) is 12.6. The Balaban J connectivity index is 2.09. The molecule has 1 aromatic carbocycles. The lowest BCUT2D eigenvalue weighted by Crippen LogP contribution is -2.08. The van der Waals surface area contributed by atoms with Gasteiger partial charge >= 0.3 is 0 Å². The monoisotopic (exact) mass is 270 g/mol. The summed E-state index contributed by atoms with van der Waals surface area (Å²) in [6.45, 7) is 8.87. The summed E-state index contributed by atoms with van der Waals surface area (Å²) in [5.41, 5.74) is 4.38. The fraction of sp³-hybridized carbons (Fsp3) is 0.353. The number of hydrogen-bond donors (Lipinski definition) is 1. The topological polar surface area (TPSA) is 34.1 Å². The van der Waals surface area contributed by atoms with E-state index in [0.717, 1.165) is 22.8 Å². The molecule has 1 unspecified atom stereocenters. The van der Waals surface area contributed by atoms with Gasteiger partial charge in [-0.25, -0.2) is 0 Å². The van der Waals surface area contributed by atoms with Gasteiger partial charge in [-0.05, 0) is 57.5 Å². The zero-order valence-corrected chi connectivity index (χ0v) is 12.6. The number of aryl methyl sites for hydroxylation is 2. The van der Waals surface area contributed by atoms with E-state index < -0.39 is 0 Å². The van der Waals surface area contributed by atoms with Gasteiger partial charge in [-0.15, -0.1) is 0 Å². The highest BCUT2D eigenvalue weighted by Gasteiger charge is 2.07. The molecular formula is C17H22N2O. The first kappa shape index (κ1) is 14.4. The maximum atomic E-state index is 5.46. The van der Waals surface area contributed by atoms with Gasteiger partial charge < -0.3 is 10.1 Å². The van der Waals surface area contributed by atoms with Crippen LogP contribution in [0.1, 0.15) is 36.8 Å². The molecule has 0 amide bonds. The van der Waals surface area contributed by atoms with Crippen LogP contribution in [0.5, 0.6) is 5.75 Å². The Kier molecular flexibility index (Phi) is 4.61. The van der Waals surface area contributed by atoms with Gasteiger partial charge in [0, 0.05) is 11.7 Å². The number of pyridine rings is 1. The number of benzene rings is 1. The van der Waals surface area contributed by atoms with E-state index in [9.17, 15) is 0 Å². The van der Waals surface area contributed by atoms with E-state index in [-0.39, 0.29) is 6.04 Å². The summed E-state index contributed by atoms with van der Waals surface area (Å²) in [5, 5.41) is 3.50. The fourth-order valence-electron chi connectivity index (χ4n) is 2.18. The van der Waals surface area contributed by atoms with Crippen molar-refractivity contribution in [3.63, 3.8) is 0 Å². The minimum atomic E-state index is 0.230. The average Bonchev–Trinajstić information content (AvgIpc) is 2.43. The average molecular weight is 270 g/mol. The Bertz CT molecular complexity index is 564. The Labute approximate surface area is 121 Å². The van der Waals surface area contributed by atoms with Gasteiger partial charge in [0.25, 0.3) is 0 Å². The lowest BCUT2D eigenvalue weighted by Gasteiger charge is -2.17. The Morgan fingerprint density at radius 2 is 1.80 bits per heavy atom. The highest BCUT2D eigenvalue weighted by atomic mass is 16.5. The Morgan fingerprint density at radius 3 is 2.40 bits per heavy atom. The van der Waals surface area contributed by atoms with Crippen molar-refractivity contribution < 1.29 is 4.74 Å². The molecule has 0 radical (unpaired) electrons. The van der Waals surface area contributed by atoms with Crippen molar-refractivity contribution in [2.75, 3.05) is 11.9 Å². The van der Waals surface area contributed by atoms with E-state index in [2.05, 4.69) is 35.4 Å². The van der Waals surface area contributed by atoms with Crippen LogP contribution < -0.4 is 10.1 Å². The Morgan fingerprint density at radius 1 is 1.10 bits per heavy atom. The second-order valence-electron chi connectivity index (χ2n) is 4.95. The quantitative estimate of drug-likeness (QED) is 0.881. The lowest BCUT2D eigenvalue weighted by atomic mass is 10.1. The molecule has 2 rings (SSSR count). The molecule has 1 aromatic heterocycles. The molecule has 0 aliphatic heterocycles. The number of rotatable bonds is 5. The van der Waals surface area contributed by atoms with Crippen LogP contribution in [0.25, 0.3) is 0 Å². The smallest absolute Gasteiger partial charge is 0.119 e. The van der Waals surface area contributed by atoms with Gasteiger partial charge in [0.05, 0.1) is 18.0 Å². The second kappa shape index (κ2) is 6.42. The molecule has 0 spiro atoms. The number of aromatic nitrogens is 1. The standard InChI is InChI=1S/C17H22N2O/c1-5-20-16-9-7-15(8-10-16)13(3)19-17-11-6-12(2)18-14(17)4/h6-11,13,19H,5H2,1-4H3. The van der Waals surface area contributed by atoms with E-state index in [1.54, 1.807) is 0 Å². The fourth-order valence-corrected chi connectivity index (χ4v) is 2.18. The van der Waals surface area contributed by atoms with Crippen LogP contribution in [0.3, 0.4) is 0 Å². The maximum absolute atomic E-state index is 5.46. The Hall–Kier alpha value is -2.03. The third-order valence-electron chi connectivity index (χ3n) is 3.29. The van der Waals surface area contributed by atoms with E-state index >= 15 is 0 Å². The summed E-state index contributed by atoms with van der Waals surface area (Å²) in [5.74, 6) is 0.914. The van der Waals surface area contributed by atoms with Crippen LogP contribution in [0.2, 0.25) is 0 Å². The summed E-state index contributed by atoms with van der Waals surface area (Å²) in [7, 11) is 0. The zero-order chi connectivity index (χ0) is 14.5. The summed E-state index contributed by atoms with van der Waals surface area (Å²) < 4.78 is 5.46. The van der Waals surface area contributed by atoms with Crippen LogP contribution in [-0.2, 0) is 0 Å². The van der Waals surface area contributed by atoms with E-state index in [1.807, 2.05) is 39.0 Å². The number of ether oxygens (including phenoxy) is 1. The molecule has 3 heteroatoms. The molecule has 3 nitrogen and oxygen atoms in total. The van der Waals surface area contributed by atoms with Crippen molar-refractivity contribution >= 4 is 5.69 Å². The molecule has 0 saturated carbocycles. The molecule has 1 atom stereocenters. The van der Waals surface area contributed by atoms with Crippen LogP contribution in [-0.4, -0.2) is 11.6 Å². The molecule has 1 heterocycles. The van der Waals surface area contributed by atoms with Gasteiger partial charge in [-0.2, -0.15) is 0 Å². The summed E-state index contributed by atoms with van der Waals surface area (Å²) in [6.07, 6.45) is 0. The van der Waals surface area contributed by atoms with Gasteiger partial charge in [-0.3, -0.25) is 4.98 Å². The van der Waals surface area contributed by atoms with Crippen molar-refractivity contribution in [1.82, 2.24) is 4.98 Å². The molecule has 0 aliphatic carbocycles. The second-order valence-corrected chi connectivity index (χ2v) is 4.95.